The number of hydrogen-bond acceptors (Lipinski definition) is 13. The number of halogens is 1. The SMILES string of the molecule is Cc1sc2c(c1C)C(c1ccc(Cl)cc1)=N[C@@H](CCC(=O)NCCOCCOCCOCCNC(=O)COc1cccc3c1CN(C1CCC(=O)NC1=O)C3=O)c1nnc(C)n1-2. The number of aryl methyl sites for hydroxylation is 2. The Labute approximate surface area is 367 Å². The molecule has 19 heteroatoms. The van der Waals surface area contributed by atoms with Gasteiger partial charge in [0.05, 0.1) is 51.9 Å². The molecule has 2 atom stereocenters. The van der Waals surface area contributed by atoms with Crippen LogP contribution in [0.3, 0.4) is 0 Å². The Morgan fingerprint density at radius 3 is 2.31 bits per heavy atom. The van der Waals surface area contributed by atoms with Gasteiger partial charge in [0, 0.05) is 58.1 Å². The number of benzene rings is 2. The molecule has 0 bridgehead atoms. The lowest BCUT2D eigenvalue weighted by atomic mass is 9.99. The molecule has 3 N–H and O–H groups in total. The number of carbonyl (C=O) groups excluding carboxylic acids is 5. The number of rotatable bonds is 20. The number of nitrogens with zero attached hydrogens (tertiary/aromatic N) is 5. The third kappa shape index (κ3) is 10.4. The zero-order valence-corrected chi connectivity index (χ0v) is 36.4. The zero-order chi connectivity index (χ0) is 43.8. The Bertz CT molecular complexity index is 2350. The molecule has 4 aromatic rings. The molecule has 0 radical (unpaired) electrons. The molecule has 1 saturated heterocycles. The van der Waals surface area contributed by atoms with Gasteiger partial charge < -0.3 is 34.5 Å². The molecule has 1 unspecified atom stereocenters. The zero-order valence-electron chi connectivity index (χ0n) is 34.8. The Morgan fingerprint density at radius 1 is 0.903 bits per heavy atom. The van der Waals surface area contributed by atoms with Crippen molar-refractivity contribution in [2.45, 2.75) is 65.1 Å². The van der Waals surface area contributed by atoms with Crippen LogP contribution in [-0.4, -0.2) is 120 Å². The van der Waals surface area contributed by atoms with E-state index < -0.39 is 11.9 Å². The highest BCUT2D eigenvalue weighted by Gasteiger charge is 2.40. The van der Waals surface area contributed by atoms with E-state index in [1.807, 2.05) is 31.2 Å². The molecule has 5 heterocycles. The number of amides is 5. The second-order valence-corrected chi connectivity index (χ2v) is 16.6. The quantitative estimate of drug-likeness (QED) is 0.0863. The minimum absolute atomic E-state index is 0.111. The Balaban J connectivity index is 0.738. The first kappa shape index (κ1) is 44.5. The highest BCUT2D eigenvalue weighted by molar-refractivity contribution is 7.15. The molecule has 2 aromatic heterocycles. The third-order valence-corrected chi connectivity index (χ3v) is 12.2. The molecule has 1 fully saturated rings. The standard InChI is InChI=1S/C43H49ClN8O9S/c1-25-26(2)62-43-38(25)39(28-7-9-29(44)10-8-28)47-32(40-50-49-27(3)52(40)43)11-13-35(53)45-15-17-58-19-21-60-22-20-59-18-16-46-37(55)24-61-34-6-4-5-30-31(34)23-51(42(30)57)33-12-14-36(54)48-41(33)56/h4-10,32-33H,11-24H2,1-3H3,(H,45,53)(H,46,55)(H,48,54,56)/t32-,33?/m0/s1. The van der Waals surface area contributed by atoms with Crippen molar-refractivity contribution in [3.63, 3.8) is 0 Å². The molecule has 17 nitrogen and oxygen atoms in total. The van der Waals surface area contributed by atoms with Crippen LogP contribution in [0.2, 0.25) is 5.02 Å². The molecule has 3 aliphatic heterocycles. The molecular weight excluding hydrogens is 840 g/mol. The van der Waals surface area contributed by atoms with Gasteiger partial charge in [-0.3, -0.25) is 38.8 Å². The average Bonchev–Trinajstić information content (AvgIpc) is 3.87. The lowest BCUT2D eigenvalue weighted by Gasteiger charge is -2.29. The summed E-state index contributed by atoms with van der Waals surface area (Å²) < 4.78 is 24.5. The van der Waals surface area contributed by atoms with Crippen molar-refractivity contribution < 1.29 is 42.9 Å². The van der Waals surface area contributed by atoms with Crippen LogP contribution >= 0.6 is 22.9 Å². The molecule has 62 heavy (non-hydrogen) atoms. The number of thiophene rings is 1. The van der Waals surface area contributed by atoms with E-state index >= 15 is 0 Å². The van der Waals surface area contributed by atoms with Gasteiger partial charge in [0.15, 0.2) is 12.4 Å². The molecule has 0 saturated carbocycles. The second kappa shape index (κ2) is 20.6. The number of piperidine rings is 1. The van der Waals surface area contributed by atoms with E-state index in [0.29, 0.717) is 73.7 Å². The summed E-state index contributed by atoms with van der Waals surface area (Å²) in [6.07, 6.45) is 1.11. The van der Waals surface area contributed by atoms with Crippen LogP contribution in [0.1, 0.15) is 80.9 Å². The van der Waals surface area contributed by atoms with Crippen molar-refractivity contribution in [2.24, 2.45) is 4.99 Å². The summed E-state index contributed by atoms with van der Waals surface area (Å²) in [5.41, 5.74) is 4.99. The summed E-state index contributed by atoms with van der Waals surface area (Å²) in [5, 5.41) is 18.5. The van der Waals surface area contributed by atoms with Gasteiger partial charge in [0.25, 0.3) is 11.8 Å². The minimum Gasteiger partial charge on any atom is -0.483 e. The van der Waals surface area contributed by atoms with E-state index in [1.165, 1.54) is 9.78 Å². The van der Waals surface area contributed by atoms with Crippen LogP contribution < -0.4 is 20.7 Å². The number of hydrogen-bond donors (Lipinski definition) is 3. The topological polar surface area (TPSA) is 205 Å². The van der Waals surface area contributed by atoms with Gasteiger partial charge in [0.2, 0.25) is 17.7 Å². The number of aromatic nitrogens is 3. The second-order valence-electron chi connectivity index (χ2n) is 15.0. The number of nitrogens with one attached hydrogen (secondary N) is 3. The number of aliphatic imine (C=N–C) groups is 1. The van der Waals surface area contributed by atoms with E-state index in [4.69, 9.17) is 35.5 Å². The van der Waals surface area contributed by atoms with Crippen molar-refractivity contribution in [3.8, 4) is 10.8 Å². The highest BCUT2D eigenvalue weighted by Crippen LogP contribution is 2.40. The van der Waals surface area contributed by atoms with Gasteiger partial charge in [-0.1, -0.05) is 29.8 Å². The molecule has 5 amide bonds. The van der Waals surface area contributed by atoms with E-state index in [1.54, 1.807) is 29.5 Å². The van der Waals surface area contributed by atoms with E-state index in [9.17, 15) is 24.0 Å². The first-order valence-corrected chi connectivity index (χ1v) is 21.7. The third-order valence-electron chi connectivity index (χ3n) is 10.8. The van der Waals surface area contributed by atoms with Crippen LogP contribution in [0.4, 0.5) is 0 Å². The summed E-state index contributed by atoms with van der Waals surface area (Å²) in [6.45, 7) is 8.60. The predicted molar refractivity (Wildman–Crippen MR) is 229 cm³/mol. The van der Waals surface area contributed by atoms with Crippen LogP contribution in [0, 0.1) is 20.8 Å². The van der Waals surface area contributed by atoms with Crippen LogP contribution in [-0.2, 0) is 39.9 Å². The summed E-state index contributed by atoms with van der Waals surface area (Å²) in [5.74, 6) is 0.227. The summed E-state index contributed by atoms with van der Waals surface area (Å²) >= 11 is 7.91. The fourth-order valence-corrected chi connectivity index (χ4v) is 8.84. The minimum atomic E-state index is -0.738. The van der Waals surface area contributed by atoms with Crippen LogP contribution in [0.15, 0.2) is 47.5 Å². The Morgan fingerprint density at radius 2 is 1.60 bits per heavy atom. The van der Waals surface area contributed by atoms with Gasteiger partial charge in [-0.05, 0) is 63.4 Å². The summed E-state index contributed by atoms with van der Waals surface area (Å²) in [6, 6.07) is 11.5. The van der Waals surface area contributed by atoms with E-state index in [0.717, 1.165) is 33.2 Å². The lowest BCUT2D eigenvalue weighted by Crippen LogP contribution is -2.52. The van der Waals surface area contributed by atoms with Crippen molar-refractivity contribution in [1.29, 1.82) is 0 Å². The first-order valence-electron chi connectivity index (χ1n) is 20.5. The maximum atomic E-state index is 13.0. The molecular formula is C43H49ClN8O9S. The average molecular weight is 889 g/mol. The maximum absolute atomic E-state index is 13.0. The van der Waals surface area contributed by atoms with Gasteiger partial charge in [-0.15, -0.1) is 21.5 Å². The molecule has 3 aliphatic rings. The monoisotopic (exact) mass is 888 g/mol. The normalized spacial score (nSPS) is 16.9. The summed E-state index contributed by atoms with van der Waals surface area (Å²) in [4.78, 5) is 70.1. The molecule has 0 spiro atoms. The lowest BCUT2D eigenvalue weighted by molar-refractivity contribution is -0.137. The fourth-order valence-electron chi connectivity index (χ4n) is 7.50. The van der Waals surface area contributed by atoms with Gasteiger partial charge in [-0.25, -0.2) is 0 Å². The van der Waals surface area contributed by atoms with Gasteiger partial charge in [0.1, 0.15) is 28.7 Å². The predicted octanol–water partition coefficient (Wildman–Crippen LogP) is 3.70. The highest BCUT2D eigenvalue weighted by atomic mass is 35.5. The van der Waals surface area contributed by atoms with Gasteiger partial charge in [-0.2, -0.15) is 0 Å². The smallest absolute Gasteiger partial charge is 0.258 e. The number of carbonyl (C=O) groups is 5. The Hall–Kier alpha value is -5.53. The van der Waals surface area contributed by atoms with Crippen LogP contribution in [0.5, 0.6) is 5.75 Å². The Kier molecular flexibility index (Phi) is 14.8. The van der Waals surface area contributed by atoms with Crippen molar-refractivity contribution in [1.82, 2.24) is 35.6 Å². The largest absolute Gasteiger partial charge is 0.483 e. The molecule has 7 rings (SSSR count). The number of ether oxygens (including phenoxy) is 4. The van der Waals surface area contributed by atoms with E-state index in [-0.39, 0.29) is 75.2 Å². The summed E-state index contributed by atoms with van der Waals surface area (Å²) in [7, 11) is 0. The maximum Gasteiger partial charge on any atom is 0.258 e. The van der Waals surface area contributed by atoms with Crippen molar-refractivity contribution in [3.05, 3.63) is 91.8 Å². The fraction of sp³-hybridized carbons (Fsp3) is 0.442. The first-order chi connectivity index (χ1) is 30.0. The number of fused-ring (bicyclic) bond motifs is 4. The van der Waals surface area contributed by atoms with Crippen LogP contribution in [0.25, 0.3) is 5.00 Å². The molecule has 0 aliphatic carbocycles. The van der Waals surface area contributed by atoms with Crippen molar-refractivity contribution >= 4 is 58.2 Å². The molecule has 328 valence electrons. The van der Waals surface area contributed by atoms with Crippen molar-refractivity contribution in [2.75, 3.05) is 59.3 Å². The van der Waals surface area contributed by atoms with Gasteiger partial charge >= 0.3 is 0 Å². The van der Waals surface area contributed by atoms with E-state index in [2.05, 4.69) is 44.6 Å². The molecule has 2 aromatic carbocycles. The number of imide groups is 1.